The molecule has 0 radical (unpaired) electrons. The zero-order valence-electron chi connectivity index (χ0n) is 7.36. The first-order chi connectivity index (χ1) is 5.53. The molecular formula is C7H16N2O2S. The molecule has 72 valence electrons. The lowest BCUT2D eigenvalue weighted by atomic mass is 10.2. The number of rotatable bonds is 3. The van der Waals surface area contributed by atoms with Crippen molar-refractivity contribution in [2.75, 3.05) is 18.8 Å². The molecule has 0 amide bonds. The quantitative estimate of drug-likeness (QED) is 0.671. The van der Waals surface area contributed by atoms with E-state index in [4.69, 9.17) is 5.14 Å². The van der Waals surface area contributed by atoms with Crippen molar-refractivity contribution >= 4 is 10.0 Å². The Kier molecular flexibility index (Phi) is 3.09. The van der Waals surface area contributed by atoms with Gasteiger partial charge < -0.3 is 0 Å². The minimum Gasteiger partial charge on any atom is -0.300 e. The average molecular weight is 192 g/mol. The molecule has 0 aromatic rings. The molecule has 0 bridgehead atoms. The molecule has 1 unspecified atom stereocenters. The summed E-state index contributed by atoms with van der Waals surface area (Å²) in [6.45, 7) is 3.97. The maximum atomic E-state index is 10.8. The Labute approximate surface area is 73.8 Å². The van der Waals surface area contributed by atoms with Gasteiger partial charge in [-0.25, -0.2) is 13.6 Å². The van der Waals surface area contributed by atoms with E-state index in [1.54, 1.807) is 0 Å². The van der Waals surface area contributed by atoms with Gasteiger partial charge in [-0.2, -0.15) is 0 Å². The first-order valence-electron chi connectivity index (χ1n) is 4.27. The molecule has 1 rings (SSSR count). The van der Waals surface area contributed by atoms with Crippen LogP contribution in [0.1, 0.15) is 19.8 Å². The summed E-state index contributed by atoms with van der Waals surface area (Å²) in [5.74, 6) is 0.112. The molecule has 1 fully saturated rings. The van der Waals surface area contributed by atoms with Crippen molar-refractivity contribution in [1.82, 2.24) is 4.90 Å². The van der Waals surface area contributed by atoms with Gasteiger partial charge >= 0.3 is 0 Å². The Morgan fingerprint density at radius 1 is 1.58 bits per heavy atom. The van der Waals surface area contributed by atoms with Crippen LogP contribution in [0.25, 0.3) is 0 Å². The van der Waals surface area contributed by atoms with Gasteiger partial charge in [-0.15, -0.1) is 0 Å². The zero-order chi connectivity index (χ0) is 9.19. The minimum atomic E-state index is -3.29. The predicted molar refractivity (Wildman–Crippen MR) is 48.2 cm³/mol. The van der Waals surface area contributed by atoms with E-state index >= 15 is 0 Å². The second-order valence-corrected chi connectivity index (χ2v) is 4.91. The number of hydrogen-bond acceptors (Lipinski definition) is 3. The summed E-state index contributed by atoms with van der Waals surface area (Å²) in [7, 11) is -3.29. The lowest BCUT2D eigenvalue weighted by Gasteiger charge is -2.21. The summed E-state index contributed by atoms with van der Waals surface area (Å²) in [5, 5.41) is 4.98. The molecule has 1 heterocycles. The van der Waals surface area contributed by atoms with E-state index < -0.39 is 10.0 Å². The largest absolute Gasteiger partial charge is 0.300 e. The van der Waals surface area contributed by atoms with Crippen molar-refractivity contribution in [3.63, 3.8) is 0 Å². The van der Waals surface area contributed by atoms with Crippen LogP contribution in [0.3, 0.4) is 0 Å². The Morgan fingerprint density at radius 3 is 2.75 bits per heavy atom. The third-order valence-corrected chi connectivity index (χ3v) is 3.18. The zero-order valence-corrected chi connectivity index (χ0v) is 8.18. The van der Waals surface area contributed by atoms with E-state index in [0.29, 0.717) is 0 Å². The second kappa shape index (κ2) is 3.72. The van der Waals surface area contributed by atoms with E-state index in [2.05, 4.69) is 4.90 Å². The molecule has 2 N–H and O–H groups in total. The molecule has 1 saturated heterocycles. The van der Waals surface area contributed by atoms with Crippen LogP contribution in [-0.2, 0) is 10.0 Å². The Bertz CT molecular complexity index is 238. The van der Waals surface area contributed by atoms with E-state index in [9.17, 15) is 8.42 Å². The summed E-state index contributed by atoms with van der Waals surface area (Å²) < 4.78 is 21.6. The third-order valence-electron chi connectivity index (χ3n) is 2.33. The van der Waals surface area contributed by atoms with Crippen LogP contribution in [0.15, 0.2) is 0 Å². The highest BCUT2D eigenvalue weighted by Gasteiger charge is 2.26. The molecule has 0 aromatic carbocycles. The number of sulfonamides is 1. The summed E-state index contributed by atoms with van der Waals surface area (Å²) in [6, 6.07) is 0.157. The van der Waals surface area contributed by atoms with Crippen LogP contribution in [-0.4, -0.2) is 38.2 Å². The molecular weight excluding hydrogens is 176 g/mol. The first kappa shape index (κ1) is 9.95. The Morgan fingerprint density at radius 2 is 2.25 bits per heavy atom. The van der Waals surface area contributed by atoms with Gasteiger partial charge in [-0.05, 0) is 25.9 Å². The van der Waals surface area contributed by atoms with E-state index in [-0.39, 0.29) is 11.8 Å². The predicted octanol–water partition coefficient (Wildman–Crippen LogP) is -0.241. The van der Waals surface area contributed by atoms with Crippen LogP contribution < -0.4 is 5.14 Å². The van der Waals surface area contributed by atoms with Crippen LogP contribution in [0.5, 0.6) is 0 Å². The molecule has 12 heavy (non-hydrogen) atoms. The second-order valence-electron chi connectivity index (χ2n) is 3.25. The molecule has 0 aromatic heterocycles. The summed E-state index contributed by atoms with van der Waals surface area (Å²) in [5.41, 5.74) is 0. The van der Waals surface area contributed by atoms with Gasteiger partial charge in [0.15, 0.2) is 0 Å². The van der Waals surface area contributed by atoms with Crippen LogP contribution in [0.2, 0.25) is 0 Å². The number of hydrogen-bond donors (Lipinski definition) is 1. The van der Waals surface area contributed by atoms with Crippen molar-refractivity contribution in [1.29, 1.82) is 0 Å². The lowest BCUT2D eigenvalue weighted by molar-refractivity contribution is 0.285. The molecule has 0 spiro atoms. The molecule has 5 heteroatoms. The van der Waals surface area contributed by atoms with Crippen molar-refractivity contribution in [2.45, 2.75) is 25.8 Å². The van der Waals surface area contributed by atoms with E-state index in [1.807, 2.05) is 6.92 Å². The Hall–Kier alpha value is -0.130. The average Bonchev–Trinajstić information content (AvgIpc) is 2.31. The highest BCUT2D eigenvalue weighted by atomic mass is 32.2. The van der Waals surface area contributed by atoms with Crippen LogP contribution >= 0.6 is 0 Å². The van der Waals surface area contributed by atoms with E-state index in [1.165, 1.54) is 0 Å². The van der Waals surface area contributed by atoms with Crippen molar-refractivity contribution in [2.24, 2.45) is 5.14 Å². The molecule has 0 aliphatic carbocycles. The van der Waals surface area contributed by atoms with Gasteiger partial charge in [0.2, 0.25) is 10.0 Å². The number of nitrogens with zero attached hydrogens (tertiary/aromatic N) is 1. The summed E-state index contributed by atoms with van der Waals surface area (Å²) in [6.07, 6.45) is 2.05. The molecule has 4 nitrogen and oxygen atoms in total. The normalized spacial score (nSPS) is 26.3. The SMILES string of the molecule is CCN1CCCC1CS(N)(=O)=O. The Balaban J connectivity index is 2.52. The molecule has 1 atom stereocenters. The minimum absolute atomic E-state index is 0.112. The fourth-order valence-corrected chi connectivity index (χ4v) is 2.68. The standard InChI is InChI=1S/C7H16N2O2S/c1-2-9-5-3-4-7(9)6-12(8,10)11/h7H,2-6H2,1H3,(H2,8,10,11). The maximum Gasteiger partial charge on any atom is 0.210 e. The van der Waals surface area contributed by atoms with E-state index in [0.717, 1.165) is 25.9 Å². The maximum absolute atomic E-state index is 10.8. The van der Waals surface area contributed by atoms with Crippen molar-refractivity contribution in [3.05, 3.63) is 0 Å². The van der Waals surface area contributed by atoms with Gasteiger partial charge in [0.1, 0.15) is 0 Å². The van der Waals surface area contributed by atoms with Crippen molar-refractivity contribution in [3.8, 4) is 0 Å². The molecule has 1 aliphatic heterocycles. The van der Waals surface area contributed by atoms with Crippen LogP contribution in [0.4, 0.5) is 0 Å². The monoisotopic (exact) mass is 192 g/mol. The van der Waals surface area contributed by atoms with Gasteiger partial charge in [-0.3, -0.25) is 4.90 Å². The smallest absolute Gasteiger partial charge is 0.210 e. The van der Waals surface area contributed by atoms with Gasteiger partial charge in [0, 0.05) is 6.04 Å². The fourth-order valence-electron chi connectivity index (χ4n) is 1.77. The number of primary sulfonamides is 1. The van der Waals surface area contributed by atoms with Gasteiger partial charge in [0.25, 0.3) is 0 Å². The van der Waals surface area contributed by atoms with Crippen LogP contribution in [0, 0.1) is 0 Å². The first-order valence-corrected chi connectivity index (χ1v) is 5.99. The highest BCUT2D eigenvalue weighted by molar-refractivity contribution is 7.89. The number of likely N-dealkylation sites (tertiary alicyclic amines) is 1. The number of nitrogens with two attached hydrogens (primary N) is 1. The van der Waals surface area contributed by atoms with Gasteiger partial charge in [-0.1, -0.05) is 6.92 Å². The summed E-state index contributed by atoms with van der Waals surface area (Å²) in [4.78, 5) is 2.17. The molecule has 1 aliphatic rings. The topological polar surface area (TPSA) is 63.4 Å². The summed E-state index contributed by atoms with van der Waals surface area (Å²) >= 11 is 0. The van der Waals surface area contributed by atoms with Crippen molar-refractivity contribution < 1.29 is 8.42 Å². The third kappa shape index (κ3) is 2.73. The lowest BCUT2D eigenvalue weighted by Crippen LogP contribution is -2.37. The fraction of sp³-hybridized carbons (Fsp3) is 1.00. The highest BCUT2D eigenvalue weighted by Crippen LogP contribution is 2.17. The van der Waals surface area contributed by atoms with Gasteiger partial charge in [0.05, 0.1) is 5.75 Å². The molecule has 0 saturated carbocycles.